The van der Waals surface area contributed by atoms with E-state index in [4.69, 9.17) is 5.11 Å². The standard InChI is InChI=1S/C5H11NO2/c1-2-6-3-5(8)4-7/h6-7H,2-4H2,1H3. The molecule has 0 bridgehead atoms. The van der Waals surface area contributed by atoms with E-state index in [0.717, 1.165) is 6.54 Å². The van der Waals surface area contributed by atoms with Gasteiger partial charge in [-0.1, -0.05) is 6.92 Å². The lowest BCUT2D eigenvalue weighted by Gasteiger charge is -1.94. The highest BCUT2D eigenvalue weighted by molar-refractivity contribution is 5.81. The van der Waals surface area contributed by atoms with Crippen molar-refractivity contribution in [2.75, 3.05) is 19.7 Å². The maximum absolute atomic E-state index is 10.3. The summed E-state index contributed by atoms with van der Waals surface area (Å²) in [5.74, 6) is -0.160. The maximum atomic E-state index is 10.3. The Kier molecular flexibility index (Phi) is 4.50. The number of likely N-dealkylation sites (N-methyl/N-ethyl adjacent to an activating group) is 1. The maximum Gasteiger partial charge on any atom is 0.171 e. The van der Waals surface area contributed by atoms with Gasteiger partial charge in [-0.3, -0.25) is 4.79 Å². The highest BCUT2D eigenvalue weighted by Crippen LogP contribution is 1.63. The number of aliphatic hydroxyl groups excluding tert-OH is 1. The van der Waals surface area contributed by atoms with E-state index >= 15 is 0 Å². The number of carbonyl (C=O) groups excluding carboxylic acids is 1. The number of hydrogen-bond donors (Lipinski definition) is 2. The third-order valence-electron chi connectivity index (χ3n) is 0.749. The Bertz CT molecular complexity index is 72.8. The Morgan fingerprint density at radius 2 is 2.38 bits per heavy atom. The molecule has 0 aromatic heterocycles. The summed E-state index contributed by atoms with van der Waals surface area (Å²) in [6, 6.07) is 0. The number of nitrogens with one attached hydrogen (secondary N) is 1. The molecule has 3 heteroatoms. The monoisotopic (exact) mass is 117 g/mol. The molecule has 8 heavy (non-hydrogen) atoms. The fourth-order valence-electron chi connectivity index (χ4n) is 0.320. The quantitative estimate of drug-likeness (QED) is 0.504. The molecule has 0 atom stereocenters. The summed E-state index contributed by atoms with van der Waals surface area (Å²) >= 11 is 0. The molecule has 3 nitrogen and oxygen atoms in total. The summed E-state index contributed by atoms with van der Waals surface area (Å²) in [6.07, 6.45) is 0. The lowest BCUT2D eigenvalue weighted by molar-refractivity contribution is -0.120. The van der Waals surface area contributed by atoms with E-state index in [-0.39, 0.29) is 18.9 Å². The largest absolute Gasteiger partial charge is 0.389 e. The molecule has 0 aromatic rings. The number of carbonyl (C=O) groups is 1. The zero-order valence-corrected chi connectivity index (χ0v) is 4.98. The van der Waals surface area contributed by atoms with Crippen molar-refractivity contribution in [1.29, 1.82) is 0 Å². The van der Waals surface area contributed by atoms with Crippen LogP contribution in [-0.2, 0) is 4.79 Å². The molecule has 0 unspecified atom stereocenters. The summed E-state index contributed by atoms with van der Waals surface area (Å²) in [5.41, 5.74) is 0. The summed E-state index contributed by atoms with van der Waals surface area (Å²) in [5, 5.41) is 11.0. The number of hydrogen-bond acceptors (Lipinski definition) is 3. The van der Waals surface area contributed by atoms with Gasteiger partial charge < -0.3 is 10.4 Å². The smallest absolute Gasteiger partial charge is 0.171 e. The molecular formula is C5H11NO2. The Morgan fingerprint density at radius 1 is 1.75 bits per heavy atom. The first kappa shape index (κ1) is 7.59. The SMILES string of the molecule is CCNCC(=O)CO. The Hall–Kier alpha value is -0.410. The number of aliphatic hydroxyl groups is 1. The first-order valence-electron chi connectivity index (χ1n) is 2.64. The van der Waals surface area contributed by atoms with Crippen LogP contribution in [-0.4, -0.2) is 30.6 Å². The van der Waals surface area contributed by atoms with Crippen molar-refractivity contribution >= 4 is 5.78 Å². The lowest BCUT2D eigenvalue weighted by Crippen LogP contribution is -2.24. The Morgan fingerprint density at radius 3 is 2.75 bits per heavy atom. The van der Waals surface area contributed by atoms with E-state index in [1.54, 1.807) is 0 Å². The second kappa shape index (κ2) is 4.74. The van der Waals surface area contributed by atoms with Gasteiger partial charge in [0.05, 0.1) is 6.54 Å². The van der Waals surface area contributed by atoms with Crippen molar-refractivity contribution < 1.29 is 9.90 Å². The number of rotatable bonds is 4. The first-order chi connectivity index (χ1) is 3.81. The normalized spacial score (nSPS) is 9.25. The Labute approximate surface area is 48.7 Å². The molecule has 0 saturated carbocycles. The van der Waals surface area contributed by atoms with Gasteiger partial charge in [0, 0.05) is 0 Å². The van der Waals surface area contributed by atoms with Crippen LogP contribution in [0.25, 0.3) is 0 Å². The molecule has 0 spiro atoms. The van der Waals surface area contributed by atoms with Crippen LogP contribution in [0.5, 0.6) is 0 Å². The van der Waals surface area contributed by atoms with Crippen LogP contribution < -0.4 is 5.32 Å². The summed E-state index contributed by atoms with van der Waals surface area (Å²) in [7, 11) is 0. The van der Waals surface area contributed by atoms with Crippen LogP contribution in [0.1, 0.15) is 6.92 Å². The molecular weight excluding hydrogens is 106 g/mol. The van der Waals surface area contributed by atoms with Gasteiger partial charge in [-0.05, 0) is 6.54 Å². The van der Waals surface area contributed by atoms with Crippen molar-refractivity contribution in [2.24, 2.45) is 0 Å². The third kappa shape index (κ3) is 3.77. The molecule has 0 amide bonds. The van der Waals surface area contributed by atoms with E-state index in [2.05, 4.69) is 5.32 Å². The van der Waals surface area contributed by atoms with Crippen LogP contribution in [0.15, 0.2) is 0 Å². The van der Waals surface area contributed by atoms with Gasteiger partial charge in [0.2, 0.25) is 0 Å². The molecule has 0 rings (SSSR count). The van der Waals surface area contributed by atoms with Crippen LogP contribution >= 0.6 is 0 Å². The van der Waals surface area contributed by atoms with E-state index in [9.17, 15) is 4.79 Å². The molecule has 0 aliphatic rings. The minimum Gasteiger partial charge on any atom is -0.389 e. The van der Waals surface area contributed by atoms with Crippen LogP contribution in [0.3, 0.4) is 0 Å². The van der Waals surface area contributed by atoms with E-state index < -0.39 is 0 Å². The van der Waals surface area contributed by atoms with Crippen molar-refractivity contribution in [3.63, 3.8) is 0 Å². The number of Topliss-reactive ketones (excluding diaryl/α,β-unsaturated/α-hetero) is 1. The summed E-state index contributed by atoms with van der Waals surface area (Å²) < 4.78 is 0. The van der Waals surface area contributed by atoms with Crippen molar-refractivity contribution in [3.8, 4) is 0 Å². The van der Waals surface area contributed by atoms with Gasteiger partial charge in [0.15, 0.2) is 5.78 Å². The van der Waals surface area contributed by atoms with Gasteiger partial charge in [0.25, 0.3) is 0 Å². The zero-order chi connectivity index (χ0) is 6.41. The minimum atomic E-state index is -0.354. The van der Waals surface area contributed by atoms with Gasteiger partial charge in [-0.2, -0.15) is 0 Å². The van der Waals surface area contributed by atoms with Gasteiger partial charge in [0.1, 0.15) is 6.61 Å². The molecule has 0 radical (unpaired) electrons. The molecule has 2 N–H and O–H groups in total. The third-order valence-corrected chi connectivity index (χ3v) is 0.749. The fraction of sp³-hybridized carbons (Fsp3) is 0.800. The molecule has 0 saturated heterocycles. The van der Waals surface area contributed by atoms with Gasteiger partial charge in [-0.15, -0.1) is 0 Å². The molecule has 0 aromatic carbocycles. The average Bonchev–Trinajstić information content (AvgIpc) is 1.83. The molecule has 0 aliphatic heterocycles. The van der Waals surface area contributed by atoms with E-state index in [0.29, 0.717) is 0 Å². The lowest BCUT2D eigenvalue weighted by atomic mass is 10.4. The summed E-state index contributed by atoms with van der Waals surface area (Å²) in [4.78, 5) is 10.3. The number of ketones is 1. The highest BCUT2D eigenvalue weighted by atomic mass is 16.3. The molecule has 48 valence electrons. The van der Waals surface area contributed by atoms with Gasteiger partial charge >= 0.3 is 0 Å². The van der Waals surface area contributed by atoms with E-state index in [1.165, 1.54) is 0 Å². The second-order valence-corrected chi connectivity index (χ2v) is 1.48. The first-order valence-corrected chi connectivity index (χ1v) is 2.64. The van der Waals surface area contributed by atoms with Crippen LogP contribution in [0.4, 0.5) is 0 Å². The second-order valence-electron chi connectivity index (χ2n) is 1.48. The Balaban J connectivity index is 2.99. The zero-order valence-electron chi connectivity index (χ0n) is 4.98. The summed E-state index contributed by atoms with van der Waals surface area (Å²) in [6.45, 7) is 2.61. The van der Waals surface area contributed by atoms with Gasteiger partial charge in [-0.25, -0.2) is 0 Å². The molecule has 0 aliphatic carbocycles. The topological polar surface area (TPSA) is 49.3 Å². The van der Waals surface area contributed by atoms with Crippen molar-refractivity contribution in [2.45, 2.75) is 6.92 Å². The van der Waals surface area contributed by atoms with Crippen molar-refractivity contribution in [3.05, 3.63) is 0 Å². The van der Waals surface area contributed by atoms with Crippen molar-refractivity contribution in [1.82, 2.24) is 5.32 Å². The predicted molar refractivity (Wildman–Crippen MR) is 30.6 cm³/mol. The molecule has 0 heterocycles. The average molecular weight is 117 g/mol. The predicted octanol–water partition coefficient (Wildman–Crippen LogP) is -0.843. The highest BCUT2D eigenvalue weighted by Gasteiger charge is 1.93. The minimum absolute atomic E-state index is 0.160. The molecule has 0 fully saturated rings. The fourth-order valence-corrected chi connectivity index (χ4v) is 0.320. The van der Waals surface area contributed by atoms with Crippen LogP contribution in [0.2, 0.25) is 0 Å². The van der Waals surface area contributed by atoms with E-state index in [1.807, 2.05) is 6.92 Å². The van der Waals surface area contributed by atoms with Crippen LogP contribution in [0, 0.1) is 0 Å².